The van der Waals surface area contributed by atoms with Crippen molar-refractivity contribution in [2.24, 2.45) is 0 Å². The normalized spacial score (nSPS) is 11.9. The highest BCUT2D eigenvalue weighted by atomic mass is 35.5. The highest BCUT2D eigenvalue weighted by Crippen LogP contribution is 2.25. The van der Waals surface area contributed by atoms with Crippen LogP contribution in [0, 0.1) is 0 Å². The third-order valence-electron chi connectivity index (χ3n) is 1.92. The van der Waals surface area contributed by atoms with Crippen LogP contribution in [0.5, 0.6) is 0 Å². The van der Waals surface area contributed by atoms with E-state index in [1.165, 1.54) is 6.07 Å². The monoisotopic (exact) mass is 297 g/mol. The summed E-state index contributed by atoms with van der Waals surface area (Å²) in [6.45, 7) is 3.69. The zero-order chi connectivity index (χ0) is 12.7. The summed E-state index contributed by atoms with van der Waals surface area (Å²) in [6, 6.07) is 3.08. The van der Waals surface area contributed by atoms with Gasteiger partial charge in [0.1, 0.15) is 4.21 Å². The number of halogens is 1. The lowest BCUT2D eigenvalue weighted by Gasteiger charge is -2.05. The summed E-state index contributed by atoms with van der Waals surface area (Å²) in [5.74, 6) is 0. The van der Waals surface area contributed by atoms with Crippen LogP contribution in [0.15, 0.2) is 16.3 Å². The Kier molecular flexibility index (Phi) is 6.43. The van der Waals surface area contributed by atoms with E-state index in [0.717, 1.165) is 17.8 Å². The van der Waals surface area contributed by atoms with Gasteiger partial charge in [0.05, 0.1) is 4.34 Å². The minimum absolute atomic E-state index is 0.247. The van der Waals surface area contributed by atoms with E-state index in [9.17, 15) is 8.42 Å². The fourth-order valence-electron chi connectivity index (χ4n) is 1.14. The third kappa shape index (κ3) is 5.35. The molecule has 0 aliphatic carbocycles. The summed E-state index contributed by atoms with van der Waals surface area (Å²) in [4.78, 5) is 0. The van der Waals surface area contributed by atoms with Crippen molar-refractivity contribution in [3.63, 3.8) is 0 Å². The van der Waals surface area contributed by atoms with Crippen molar-refractivity contribution >= 4 is 33.0 Å². The zero-order valence-corrected chi connectivity index (χ0v) is 12.0. The van der Waals surface area contributed by atoms with Gasteiger partial charge in [-0.2, -0.15) is 0 Å². The second kappa shape index (κ2) is 7.33. The molecular weight excluding hydrogens is 282 g/mol. The molecule has 98 valence electrons. The maximum Gasteiger partial charge on any atom is 0.250 e. The fourth-order valence-corrected chi connectivity index (χ4v) is 3.74. The number of hydrogen-bond donors (Lipinski definition) is 1. The van der Waals surface area contributed by atoms with Gasteiger partial charge in [-0.25, -0.2) is 13.1 Å². The lowest BCUT2D eigenvalue weighted by molar-refractivity contribution is 0.133. The first kappa shape index (κ1) is 14.9. The molecule has 7 heteroatoms. The molecule has 17 heavy (non-hydrogen) atoms. The standard InChI is InChI=1S/C10H16ClNO3S2/c1-2-7-15-8-3-6-12-17(13,14)10-5-4-9(11)16-10/h4-5,12H,2-3,6-8H2,1H3. The first-order valence-electron chi connectivity index (χ1n) is 5.39. The quantitative estimate of drug-likeness (QED) is 0.750. The number of rotatable bonds is 8. The van der Waals surface area contributed by atoms with Crippen LogP contribution in [0.4, 0.5) is 0 Å². The van der Waals surface area contributed by atoms with Crippen LogP contribution >= 0.6 is 22.9 Å². The van der Waals surface area contributed by atoms with Crippen molar-refractivity contribution in [3.8, 4) is 0 Å². The molecule has 0 aromatic carbocycles. The van der Waals surface area contributed by atoms with Gasteiger partial charge < -0.3 is 4.74 Å². The van der Waals surface area contributed by atoms with Gasteiger partial charge in [-0.1, -0.05) is 18.5 Å². The van der Waals surface area contributed by atoms with Crippen molar-refractivity contribution in [1.82, 2.24) is 4.72 Å². The summed E-state index contributed by atoms with van der Waals surface area (Å²) < 4.78 is 31.9. The van der Waals surface area contributed by atoms with Gasteiger partial charge in [0, 0.05) is 19.8 Å². The van der Waals surface area contributed by atoms with Gasteiger partial charge in [0.2, 0.25) is 10.0 Å². The van der Waals surface area contributed by atoms with Crippen molar-refractivity contribution in [1.29, 1.82) is 0 Å². The zero-order valence-electron chi connectivity index (χ0n) is 9.61. The molecule has 1 heterocycles. The summed E-state index contributed by atoms with van der Waals surface area (Å²) in [7, 11) is -3.40. The topological polar surface area (TPSA) is 55.4 Å². The summed E-state index contributed by atoms with van der Waals surface area (Å²) >= 11 is 6.74. The lowest BCUT2D eigenvalue weighted by atomic mass is 10.4. The molecule has 1 aromatic heterocycles. The van der Waals surface area contributed by atoms with E-state index in [0.29, 0.717) is 30.5 Å². The van der Waals surface area contributed by atoms with E-state index in [1.807, 2.05) is 6.92 Å². The smallest absolute Gasteiger partial charge is 0.250 e. The van der Waals surface area contributed by atoms with Gasteiger partial charge in [0.15, 0.2) is 0 Å². The second-order valence-electron chi connectivity index (χ2n) is 3.42. The minimum atomic E-state index is -3.40. The van der Waals surface area contributed by atoms with E-state index in [-0.39, 0.29) is 4.21 Å². The minimum Gasteiger partial charge on any atom is -0.381 e. The molecule has 0 atom stereocenters. The summed E-state index contributed by atoms with van der Waals surface area (Å²) in [5, 5.41) is 0. The van der Waals surface area contributed by atoms with Crippen molar-refractivity contribution in [2.45, 2.75) is 24.0 Å². The van der Waals surface area contributed by atoms with Crippen molar-refractivity contribution < 1.29 is 13.2 Å². The highest BCUT2D eigenvalue weighted by Gasteiger charge is 2.15. The Balaban J connectivity index is 2.31. The van der Waals surface area contributed by atoms with E-state index >= 15 is 0 Å². The van der Waals surface area contributed by atoms with Gasteiger partial charge >= 0.3 is 0 Å². The molecule has 0 aliphatic rings. The Morgan fingerprint density at radius 2 is 2.18 bits per heavy atom. The molecule has 0 saturated carbocycles. The Labute approximate surface area is 111 Å². The SMILES string of the molecule is CCCOCCCNS(=O)(=O)c1ccc(Cl)s1. The Hall–Kier alpha value is -0.140. The van der Waals surface area contributed by atoms with Crippen LogP contribution in [0.2, 0.25) is 4.34 Å². The largest absolute Gasteiger partial charge is 0.381 e. The number of hydrogen-bond acceptors (Lipinski definition) is 4. The molecule has 1 rings (SSSR count). The van der Waals surface area contributed by atoms with Gasteiger partial charge in [-0.05, 0) is 25.0 Å². The fraction of sp³-hybridized carbons (Fsp3) is 0.600. The molecule has 0 unspecified atom stereocenters. The van der Waals surface area contributed by atoms with Crippen LogP contribution in [-0.2, 0) is 14.8 Å². The maximum atomic E-state index is 11.7. The first-order valence-corrected chi connectivity index (χ1v) is 8.07. The predicted octanol–water partition coefficient (Wildman–Crippen LogP) is 2.50. The number of sulfonamides is 1. The van der Waals surface area contributed by atoms with Crippen LogP contribution < -0.4 is 4.72 Å². The Morgan fingerprint density at radius 1 is 1.41 bits per heavy atom. The average molecular weight is 298 g/mol. The summed E-state index contributed by atoms with van der Waals surface area (Å²) in [6.07, 6.45) is 1.64. The molecule has 0 aliphatic heterocycles. The predicted molar refractivity (Wildman–Crippen MR) is 70.2 cm³/mol. The molecule has 1 N–H and O–H groups in total. The lowest BCUT2D eigenvalue weighted by Crippen LogP contribution is -2.24. The van der Waals surface area contributed by atoms with Crippen LogP contribution in [-0.4, -0.2) is 28.2 Å². The Morgan fingerprint density at radius 3 is 2.76 bits per heavy atom. The number of nitrogens with one attached hydrogen (secondary N) is 1. The van der Waals surface area contributed by atoms with E-state index in [2.05, 4.69) is 4.72 Å². The molecule has 1 aromatic rings. The van der Waals surface area contributed by atoms with E-state index in [4.69, 9.17) is 16.3 Å². The highest BCUT2D eigenvalue weighted by molar-refractivity contribution is 7.91. The molecule has 0 spiro atoms. The van der Waals surface area contributed by atoms with Crippen LogP contribution in [0.1, 0.15) is 19.8 Å². The van der Waals surface area contributed by atoms with Gasteiger partial charge in [-0.3, -0.25) is 0 Å². The molecule has 0 fully saturated rings. The molecule has 0 radical (unpaired) electrons. The van der Waals surface area contributed by atoms with Gasteiger partial charge in [-0.15, -0.1) is 11.3 Å². The van der Waals surface area contributed by atoms with E-state index < -0.39 is 10.0 Å². The van der Waals surface area contributed by atoms with Gasteiger partial charge in [0.25, 0.3) is 0 Å². The second-order valence-corrected chi connectivity index (χ2v) is 7.13. The van der Waals surface area contributed by atoms with Crippen molar-refractivity contribution in [3.05, 3.63) is 16.5 Å². The molecule has 4 nitrogen and oxygen atoms in total. The molecule has 0 bridgehead atoms. The number of ether oxygens (including phenoxy) is 1. The average Bonchev–Trinajstić information content (AvgIpc) is 2.71. The maximum absolute atomic E-state index is 11.7. The molecule has 0 amide bonds. The summed E-state index contributed by atoms with van der Waals surface area (Å²) in [5.41, 5.74) is 0. The van der Waals surface area contributed by atoms with Crippen molar-refractivity contribution in [2.75, 3.05) is 19.8 Å². The molecular formula is C10H16ClNO3S2. The third-order valence-corrected chi connectivity index (χ3v) is 5.10. The first-order chi connectivity index (χ1) is 8.06. The molecule has 0 saturated heterocycles. The van der Waals surface area contributed by atoms with Crippen LogP contribution in [0.3, 0.4) is 0 Å². The number of thiophene rings is 1. The Bertz CT molecular complexity index is 431. The van der Waals surface area contributed by atoms with Crippen LogP contribution in [0.25, 0.3) is 0 Å². The van der Waals surface area contributed by atoms with E-state index in [1.54, 1.807) is 6.07 Å².